The summed E-state index contributed by atoms with van der Waals surface area (Å²) in [5, 5.41) is 20.7. The Morgan fingerprint density at radius 2 is 1.97 bits per heavy atom. The number of esters is 1. The molecule has 1 aromatic carbocycles. The number of aryl methyl sites for hydroxylation is 1. The van der Waals surface area contributed by atoms with Crippen LogP contribution in [0.3, 0.4) is 0 Å². The molecule has 2 N–H and O–H groups in total. The van der Waals surface area contributed by atoms with Crippen LogP contribution in [0, 0.1) is 12.7 Å². The van der Waals surface area contributed by atoms with Gasteiger partial charge in [0, 0.05) is 35.7 Å². The number of aliphatic hydroxyl groups excluding tert-OH is 2. The number of nitrogens with zero attached hydrogens (tertiary/aromatic N) is 3. The number of carbonyl (C=O) groups excluding carboxylic acids is 1. The Morgan fingerprint density at radius 3 is 2.69 bits per heavy atom. The third kappa shape index (κ3) is 3.82. The molecule has 2 aliphatic heterocycles. The average Bonchev–Trinajstić information content (AvgIpc) is 3.21. The third-order valence-corrected chi connectivity index (χ3v) is 7.41. The zero-order valence-electron chi connectivity index (χ0n) is 20.7. The lowest BCUT2D eigenvalue weighted by atomic mass is 9.90. The zero-order chi connectivity index (χ0) is 25.7. The Morgan fingerprint density at radius 1 is 1.19 bits per heavy atom. The summed E-state index contributed by atoms with van der Waals surface area (Å²) in [5.41, 5.74) is 5.23. The fourth-order valence-corrected chi connectivity index (χ4v) is 5.46. The van der Waals surface area contributed by atoms with E-state index in [1.807, 2.05) is 11.9 Å². The Balaban J connectivity index is 1.77. The normalized spacial score (nSPS) is 16.3. The molecule has 0 fully saturated rings. The molecule has 0 radical (unpaired) electrons. The van der Waals surface area contributed by atoms with E-state index in [-0.39, 0.29) is 35.7 Å². The molecule has 2 aromatic heterocycles. The minimum Gasteiger partial charge on any atom is -0.458 e. The number of fused-ring (bicyclic) bond motifs is 5. The van der Waals surface area contributed by atoms with Crippen LogP contribution in [0.15, 0.2) is 16.9 Å². The number of rotatable bonds is 7. The standard InChI is InChI=1S/C27H30FN3O5/c1-4-5-15-14(2)20(28)11-21-23(15)16(6-7-30(3)8-9-32)18-12-31-22(24(18)29-21)10-17-19(26(31)34)13-36-27(35)25(17)33/h10-11,25,32-33H,4-9,12-13H2,1-3H3. The van der Waals surface area contributed by atoms with Crippen LogP contribution in [0.5, 0.6) is 0 Å². The van der Waals surface area contributed by atoms with Crippen molar-refractivity contribution in [2.24, 2.45) is 0 Å². The van der Waals surface area contributed by atoms with Crippen molar-refractivity contribution in [2.45, 2.75) is 52.4 Å². The molecule has 0 spiro atoms. The SMILES string of the molecule is CCCc1c(C)c(F)cc2nc3c(c(CCN(C)CCO)c12)Cn1c-3cc2c(c1=O)COC(=O)C2O. The summed E-state index contributed by atoms with van der Waals surface area (Å²) >= 11 is 0. The molecule has 0 bridgehead atoms. The minimum atomic E-state index is -1.53. The lowest BCUT2D eigenvalue weighted by Gasteiger charge is -2.21. The van der Waals surface area contributed by atoms with Crippen LogP contribution in [0.2, 0.25) is 0 Å². The molecule has 0 saturated carbocycles. The first-order valence-corrected chi connectivity index (χ1v) is 12.3. The number of pyridine rings is 2. The highest BCUT2D eigenvalue weighted by molar-refractivity contribution is 5.92. The molecule has 0 aliphatic carbocycles. The number of benzene rings is 1. The van der Waals surface area contributed by atoms with Crippen molar-refractivity contribution in [3.8, 4) is 11.4 Å². The first-order valence-electron chi connectivity index (χ1n) is 12.3. The summed E-state index contributed by atoms with van der Waals surface area (Å²) in [6.45, 7) is 5.20. The maximum absolute atomic E-state index is 15.0. The second-order valence-corrected chi connectivity index (χ2v) is 9.67. The molecule has 36 heavy (non-hydrogen) atoms. The number of hydrogen-bond donors (Lipinski definition) is 2. The highest BCUT2D eigenvalue weighted by Crippen LogP contribution is 2.40. The Labute approximate surface area is 208 Å². The van der Waals surface area contributed by atoms with Crippen LogP contribution < -0.4 is 5.56 Å². The van der Waals surface area contributed by atoms with E-state index in [9.17, 15) is 24.2 Å². The maximum Gasteiger partial charge on any atom is 0.340 e. The summed E-state index contributed by atoms with van der Waals surface area (Å²) in [7, 11) is 1.93. The van der Waals surface area contributed by atoms with Crippen LogP contribution >= 0.6 is 0 Å². The fourth-order valence-electron chi connectivity index (χ4n) is 5.46. The molecule has 3 aromatic rings. The monoisotopic (exact) mass is 495 g/mol. The van der Waals surface area contributed by atoms with Crippen molar-refractivity contribution < 1.29 is 24.1 Å². The topological polar surface area (TPSA) is 105 Å². The van der Waals surface area contributed by atoms with Crippen molar-refractivity contribution in [3.63, 3.8) is 0 Å². The number of ether oxygens (including phenoxy) is 1. The Hall–Kier alpha value is -3.14. The van der Waals surface area contributed by atoms with E-state index in [1.54, 1.807) is 17.6 Å². The van der Waals surface area contributed by atoms with Gasteiger partial charge in [-0.15, -0.1) is 0 Å². The first kappa shape index (κ1) is 24.5. The summed E-state index contributed by atoms with van der Waals surface area (Å²) in [5.74, 6) is -1.10. The van der Waals surface area contributed by atoms with Gasteiger partial charge in [-0.1, -0.05) is 13.3 Å². The fraction of sp³-hybridized carbons (Fsp3) is 0.444. The number of hydrogen-bond acceptors (Lipinski definition) is 7. The van der Waals surface area contributed by atoms with Crippen molar-refractivity contribution in [1.82, 2.24) is 14.5 Å². The predicted octanol–water partition coefficient (Wildman–Crippen LogP) is 2.38. The second-order valence-electron chi connectivity index (χ2n) is 9.67. The van der Waals surface area contributed by atoms with Gasteiger partial charge < -0.3 is 24.4 Å². The first-order chi connectivity index (χ1) is 17.3. The lowest BCUT2D eigenvalue weighted by Crippen LogP contribution is -2.32. The highest BCUT2D eigenvalue weighted by atomic mass is 19.1. The van der Waals surface area contributed by atoms with Gasteiger partial charge in [-0.05, 0) is 49.6 Å². The number of carbonyl (C=O) groups is 1. The summed E-state index contributed by atoms with van der Waals surface area (Å²) in [6, 6.07) is 3.10. The molecule has 4 heterocycles. The van der Waals surface area contributed by atoms with E-state index in [2.05, 4.69) is 6.92 Å². The van der Waals surface area contributed by atoms with Crippen molar-refractivity contribution in [3.05, 3.63) is 61.7 Å². The van der Waals surface area contributed by atoms with Crippen molar-refractivity contribution in [1.29, 1.82) is 0 Å². The van der Waals surface area contributed by atoms with Gasteiger partial charge in [0.2, 0.25) is 0 Å². The number of cyclic esters (lactones) is 1. The number of likely N-dealkylation sites (N-methyl/N-ethyl adjacent to an activating group) is 1. The molecule has 9 heteroatoms. The van der Waals surface area contributed by atoms with Crippen LogP contribution in [0.1, 0.15) is 52.8 Å². The van der Waals surface area contributed by atoms with Crippen LogP contribution in [-0.4, -0.2) is 57.4 Å². The maximum atomic E-state index is 15.0. The van der Waals surface area contributed by atoms with Crippen LogP contribution in [-0.2, 0) is 35.5 Å². The zero-order valence-corrected chi connectivity index (χ0v) is 20.7. The molecule has 5 rings (SSSR count). The molecular formula is C27H30FN3O5. The van der Waals surface area contributed by atoms with Crippen LogP contribution in [0.25, 0.3) is 22.3 Å². The van der Waals surface area contributed by atoms with E-state index in [0.29, 0.717) is 54.9 Å². The molecule has 190 valence electrons. The van der Waals surface area contributed by atoms with Gasteiger partial charge in [0.05, 0.1) is 35.6 Å². The van der Waals surface area contributed by atoms with Gasteiger partial charge >= 0.3 is 5.97 Å². The summed E-state index contributed by atoms with van der Waals surface area (Å²) in [6.07, 6.45) is 0.650. The Kier molecular flexibility index (Phi) is 6.40. The van der Waals surface area contributed by atoms with E-state index in [1.165, 1.54) is 6.07 Å². The van der Waals surface area contributed by atoms with Crippen molar-refractivity contribution >= 4 is 16.9 Å². The molecule has 2 aliphatic rings. The number of aromatic nitrogens is 2. The lowest BCUT2D eigenvalue weighted by molar-refractivity contribution is -0.157. The molecule has 1 unspecified atom stereocenters. The van der Waals surface area contributed by atoms with Gasteiger partial charge in [0.15, 0.2) is 6.10 Å². The molecule has 0 amide bonds. The van der Waals surface area contributed by atoms with Gasteiger partial charge in [-0.3, -0.25) is 4.79 Å². The van der Waals surface area contributed by atoms with Gasteiger partial charge in [0.1, 0.15) is 12.4 Å². The minimum absolute atomic E-state index is 0.0482. The van der Waals surface area contributed by atoms with E-state index < -0.39 is 12.1 Å². The Bertz CT molecular complexity index is 1450. The summed E-state index contributed by atoms with van der Waals surface area (Å²) in [4.78, 5) is 32.2. The number of halogens is 1. The van der Waals surface area contributed by atoms with Gasteiger partial charge in [-0.25, -0.2) is 14.2 Å². The average molecular weight is 496 g/mol. The van der Waals surface area contributed by atoms with Crippen LogP contribution in [0.4, 0.5) is 4.39 Å². The molecule has 1 atom stereocenters. The van der Waals surface area contributed by atoms with Crippen molar-refractivity contribution in [2.75, 3.05) is 26.7 Å². The van der Waals surface area contributed by atoms with E-state index >= 15 is 0 Å². The largest absolute Gasteiger partial charge is 0.458 e. The molecular weight excluding hydrogens is 465 g/mol. The smallest absolute Gasteiger partial charge is 0.340 e. The third-order valence-electron chi connectivity index (χ3n) is 7.41. The number of aliphatic hydroxyl groups is 2. The molecule has 0 saturated heterocycles. The van der Waals surface area contributed by atoms with E-state index in [4.69, 9.17) is 9.72 Å². The van der Waals surface area contributed by atoms with Gasteiger partial charge in [0.25, 0.3) is 5.56 Å². The summed E-state index contributed by atoms with van der Waals surface area (Å²) < 4.78 is 21.6. The van der Waals surface area contributed by atoms with Gasteiger partial charge in [-0.2, -0.15) is 0 Å². The second kappa shape index (κ2) is 9.38. The quantitative estimate of drug-likeness (QED) is 0.379. The predicted molar refractivity (Wildman–Crippen MR) is 132 cm³/mol. The highest BCUT2D eigenvalue weighted by Gasteiger charge is 2.35. The van der Waals surface area contributed by atoms with E-state index in [0.717, 1.165) is 28.5 Å². The molecule has 8 nitrogen and oxygen atoms in total.